The Bertz CT molecular complexity index is 947. The van der Waals surface area contributed by atoms with Gasteiger partial charge in [0.05, 0.1) is 23.0 Å². The summed E-state index contributed by atoms with van der Waals surface area (Å²) in [5.41, 5.74) is 1.38. The number of carbonyl (C=O) groups excluding carboxylic acids is 2. The van der Waals surface area contributed by atoms with Crippen LogP contribution in [-0.2, 0) is 9.59 Å². The number of fused-ring (bicyclic) bond motifs is 2. The zero-order valence-corrected chi connectivity index (χ0v) is 14.7. The largest absolute Gasteiger partial charge is 0.361 e. The van der Waals surface area contributed by atoms with Crippen LogP contribution < -0.4 is 0 Å². The second-order valence-corrected chi connectivity index (χ2v) is 7.10. The van der Waals surface area contributed by atoms with E-state index in [1.165, 1.54) is 12.2 Å². The van der Waals surface area contributed by atoms with E-state index in [-0.39, 0.29) is 11.1 Å². The van der Waals surface area contributed by atoms with Gasteiger partial charge in [-0.25, -0.2) is 0 Å². The van der Waals surface area contributed by atoms with Gasteiger partial charge in [0.1, 0.15) is 0 Å². The highest BCUT2D eigenvalue weighted by molar-refractivity contribution is 5.89. The van der Waals surface area contributed by atoms with E-state index in [9.17, 15) is 30.0 Å². The van der Waals surface area contributed by atoms with Crippen LogP contribution in [0, 0.1) is 0 Å². The second-order valence-electron chi connectivity index (χ2n) is 7.10. The summed E-state index contributed by atoms with van der Waals surface area (Å²) >= 11 is 0. The maximum absolute atomic E-state index is 11.6. The summed E-state index contributed by atoms with van der Waals surface area (Å²) in [4.78, 5) is 23.1. The Hall–Kier alpha value is -2.90. The van der Waals surface area contributed by atoms with E-state index in [4.69, 9.17) is 0 Å². The minimum absolute atomic E-state index is 0.299. The summed E-state index contributed by atoms with van der Waals surface area (Å²) in [5.74, 6) is -7.96. The number of aliphatic hydroxyl groups is 4. The van der Waals surface area contributed by atoms with Crippen molar-refractivity contribution in [2.45, 2.75) is 23.4 Å². The average Bonchev–Trinajstić information content (AvgIpc) is 2.67. The lowest BCUT2D eigenvalue weighted by Gasteiger charge is -2.46. The van der Waals surface area contributed by atoms with E-state index in [2.05, 4.69) is 0 Å². The Kier molecular flexibility index (Phi) is 4.17. The summed E-state index contributed by atoms with van der Waals surface area (Å²) in [5, 5.41) is 43.7. The molecule has 0 heterocycles. The Balaban J connectivity index is 2.03. The number of hydrogen-bond acceptors (Lipinski definition) is 6. The highest BCUT2D eigenvalue weighted by Crippen LogP contribution is 2.54. The van der Waals surface area contributed by atoms with Crippen LogP contribution in [0.5, 0.6) is 0 Å². The molecule has 2 unspecified atom stereocenters. The topological polar surface area (TPSA) is 115 Å². The van der Waals surface area contributed by atoms with Gasteiger partial charge in [0, 0.05) is 0 Å². The fourth-order valence-corrected chi connectivity index (χ4v) is 4.26. The van der Waals surface area contributed by atoms with Crippen molar-refractivity contribution in [3.63, 3.8) is 0 Å². The predicted molar refractivity (Wildman–Crippen MR) is 101 cm³/mol. The molecule has 6 nitrogen and oxygen atoms in total. The molecule has 0 fully saturated rings. The molecule has 0 bridgehead atoms. The van der Waals surface area contributed by atoms with Crippen LogP contribution >= 0.6 is 0 Å². The number of benzene rings is 2. The predicted octanol–water partition coefficient (Wildman–Crippen LogP) is 1.11. The average molecular weight is 378 g/mol. The molecule has 2 aliphatic carbocycles. The molecule has 2 atom stereocenters. The van der Waals surface area contributed by atoms with Crippen molar-refractivity contribution in [1.82, 2.24) is 0 Å². The molecule has 4 rings (SSSR count). The van der Waals surface area contributed by atoms with Crippen molar-refractivity contribution < 1.29 is 30.0 Å². The van der Waals surface area contributed by atoms with Gasteiger partial charge in [-0.2, -0.15) is 0 Å². The summed E-state index contributed by atoms with van der Waals surface area (Å²) in [6.07, 6.45) is 3.40. The van der Waals surface area contributed by atoms with E-state index in [1.807, 2.05) is 0 Å². The summed E-state index contributed by atoms with van der Waals surface area (Å²) in [6.45, 7) is 0. The van der Waals surface area contributed by atoms with E-state index < -0.39 is 23.4 Å². The maximum atomic E-state index is 11.6. The molecule has 0 aromatic heterocycles. The zero-order valence-electron chi connectivity index (χ0n) is 14.7. The monoisotopic (exact) mass is 378 g/mol. The SMILES string of the molecule is O=CC1=Cc2ccccc2C(C2c3ccccc3C=C(C=O)C2(O)O)C1(O)O. The fourth-order valence-electron chi connectivity index (χ4n) is 4.26. The van der Waals surface area contributed by atoms with Crippen LogP contribution in [0.4, 0.5) is 0 Å². The standard InChI is InChI=1S/C22H18O6/c23-11-15-9-13-5-1-3-7-17(13)19(21(15,25)26)20-18-8-4-2-6-14(18)10-16(12-24)22(20,27)28/h1-12,19-20,25-28H. The van der Waals surface area contributed by atoms with Gasteiger partial charge in [0.2, 0.25) is 11.6 Å². The van der Waals surface area contributed by atoms with Gasteiger partial charge in [-0.15, -0.1) is 0 Å². The van der Waals surface area contributed by atoms with E-state index >= 15 is 0 Å². The highest BCUT2D eigenvalue weighted by atomic mass is 16.5. The van der Waals surface area contributed by atoms with E-state index in [0.717, 1.165) is 0 Å². The molecule has 0 radical (unpaired) electrons. The molecule has 0 saturated heterocycles. The van der Waals surface area contributed by atoms with Crippen molar-refractivity contribution in [2.75, 3.05) is 0 Å². The molecule has 2 aromatic rings. The Morgan fingerprint density at radius 3 is 1.36 bits per heavy atom. The lowest BCUT2D eigenvalue weighted by atomic mass is 9.63. The van der Waals surface area contributed by atoms with Crippen LogP contribution in [0.1, 0.15) is 34.1 Å². The molecule has 4 N–H and O–H groups in total. The number of hydrogen-bond donors (Lipinski definition) is 4. The van der Waals surface area contributed by atoms with Crippen molar-refractivity contribution in [3.05, 3.63) is 81.9 Å². The normalized spacial score (nSPS) is 24.3. The van der Waals surface area contributed by atoms with Gasteiger partial charge in [-0.3, -0.25) is 9.59 Å². The molecule has 28 heavy (non-hydrogen) atoms. The van der Waals surface area contributed by atoms with Crippen LogP contribution in [0.25, 0.3) is 12.2 Å². The Morgan fingerprint density at radius 1 is 0.643 bits per heavy atom. The first kappa shape index (κ1) is 18.5. The lowest BCUT2D eigenvalue weighted by molar-refractivity contribution is -0.203. The van der Waals surface area contributed by atoms with Crippen LogP contribution in [0.2, 0.25) is 0 Å². The van der Waals surface area contributed by atoms with Crippen molar-refractivity contribution in [1.29, 1.82) is 0 Å². The van der Waals surface area contributed by atoms with Gasteiger partial charge >= 0.3 is 0 Å². The summed E-state index contributed by atoms with van der Waals surface area (Å²) < 4.78 is 0. The van der Waals surface area contributed by atoms with Crippen molar-refractivity contribution in [3.8, 4) is 0 Å². The summed E-state index contributed by atoms with van der Waals surface area (Å²) in [6, 6.07) is 13.5. The number of aldehydes is 2. The Morgan fingerprint density at radius 2 is 1.00 bits per heavy atom. The molecule has 6 heteroatoms. The lowest BCUT2D eigenvalue weighted by Crippen LogP contribution is -2.52. The minimum atomic E-state index is -2.67. The van der Waals surface area contributed by atoms with Gasteiger partial charge in [0.15, 0.2) is 12.6 Å². The zero-order chi connectivity index (χ0) is 20.1. The van der Waals surface area contributed by atoms with E-state index in [1.54, 1.807) is 48.5 Å². The molecule has 142 valence electrons. The smallest absolute Gasteiger partial charge is 0.200 e. The van der Waals surface area contributed by atoms with Crippen LogP contribution in [0.3, 0.4) is 0 Å². The van der Waals surface area contributed by atoms with Crippen LogP contribution in [0.15, 0.2) is 59.7 Å². The third kappa shape index (κ3) is 2.51. The van der Waals surface area contributed by atoms with Crippen molar-refractivity contribution >= 4 is 24.7 Å². The molecule has 0 aliphatic heterocycles. The molecule has 0 amide bonds. The minimum Gasteiger partial charge on any atom is -0.361 e. The molecule has 0 spiro atoms. The van der Waals surface area contributed by atoms with E-state index in [0.29, 0.717) is 34.8 Å². The first-order valence-electron chi connectivity index (χ1n) is 8.74. The number of carbonyl (C=O) groups is 2. The molecule has 2 aromatic carbocycles. The highest BCUT2D eigenvalue weighted by Gasteiger charge is 2.56. The fraction of sp³-hybridized carbons (Fsp3) is 0.182. The first-order chi connectivity index (χ1) is 13.3. The maximum Gasteiger partial charge on any atom is 0.200 e. The molecular weight excluding hydrogens is 360 g/mol. The molecule has 0 saturated carbocycles. The van der Waals surface area contributed by atoms with Gasteiger partial charge in [-0.1, -0.05) is 48.5 Å². The quantitative estimate of drug-likeness (QED) is 0.470. The van der Waals surface area contributed by atoms with Crippen LogP contribution in [-0.4, -0.2) is 44.6 Å². The van der Waals surface area contributed by atoms with Gasteiger partial charge in [0.25, 0.3) is 0 Å². The second kappa shape index (κ2) is 6.32. The van der Waals surface area contributed by atoms with Crippen molar-refractivity contribution in [2.24, 2.45) is 0 Å². The third-order valence-electron chi connectivity index (χ3n) is 5.59. The molecule has 2 aliphatic rings. The van der Waals surface area contributed by atoms with Gasteiger partial charge in [-0.05, 0) is 34.4 Å². The summed E-state index contributed by atoms with van der Waals surface area (Å²) in [7, 11) is 0. The third-order valence-corrected chi connectivity index (χ3v) is 5.59. The molecular formula is C22H18O6. The first-order valence-corrected chi connectivity index (χ1v) is 8.74. The van der Waals surface area contributed by atoms with Gasteiger partial charge < -0.3 is 20.4 Å². The Labute approximate surface area is 160 Å². The number of rotatable bonds is 3.